The van der Waals surface area contributed by atoms with Gasteiger partial charge in [-0.2, -0.15) is 0 Å². The van der Waals surface area contributed by atoms with Gasteiger partial charge in [0.05, 0.1) is 12.8 Å². The molecule has 4 rings (SSSR count). The van der Waals surface area contributed by atoms with Crippen LogP contribution in [0.3, 0.4) is 0 Å². The number of nitrogens with zero attached hydrogens (tertiary/aromatic N) is 3. The molecule has 0 aromatic heterocycles. The van der Waals surface area contributed by atoms with E-state index in [1.807, 2.05) is 35.2 Å². The van der Waals surface area contributed by atoms with E-state index in [0.717, 1.165) is 62.0 Å². The van der Waals surface area contributed by atoms with Crippen LogP contribution in [0.2, 0.25) is 0 Å². The van der Waals surface area contributed by atoms with Gasteiger partial charge >= 0.3 is 0 Å². The monoisotopic (exact) mass is 535 g/mol. The average molecular weight is 536 g/mol. The number of methoxy groups -OCH3 is 1. The summed E-state index contributed by atoms with van der Waals surface area (Å²) in [4.78, 5) is 33.9. The second kappa shape index (κ2) is 13.8. The van der Waals surface area contributed by atoms with Crippen molar-refractivity contribution < 1.29 is 19.1 Å². The van der Waals surface area contributed by atoms with Gasteiger partial charge in [0.25, 0.3) is 5.91 Å². The molecule has 1 fully saturated rings. The number of carbonyl (C=O) groups excluding carboxylic acids is 2. The first-order valence-electron chi connectivity index (χ1n) is 14.6. The van der Waals surface area contributed by atoms with Gasteiger partial charge in [0.15, 0.2) is 18.1 Å². The second-order valence-corrected chi connectivity index (χ2v) is 11.1. The highest BCUT2D eigenvalue weighted by molar-refractivity contribution is 5.96. The number of anilines is 1. The molecule has 0 N–H and O–H groups in total. The van der Waals surface area contributed by atoms with Crippen molar-refractivity contribution in [2.75, 3.05) is 44.8 Å². The maximum atomic E-state index is 14.0. The van der Waals surface area contributed by atoms with Gasteiger partial charge in [-0.15, -0.1) is 0 Å². The number of hydrogen-bond donors (Lipinski definition) is 0. The lowest BCUT2D eigenvalue weighted by atomic mass is 9.87. The highest BCUT2D eigenvalue weighted by Gasteiger charge is 2.30. The van der Waals surface area contributed by atoms with E-state index < -0.39 is 0 Å². The maximum Gasteiger partial charge on any atom is 0.260 e. The van der Waals surface area contributed by atoms with Gasteiger partial charge in [-0.3, -0.25) is 14.5 Å². The molecule has 0 bridgehead atoms. The Morgan fingerprint density at radius 3 is 2.36 bits per heavy atom. The van der Waals surface area contributed by atoms with Crippen molar-refractivity contribution >= 4 is 17.5 Å². The number of benzene rings is 2. The fourth-order valence-electron chi connectivity index (χ4n) is 5.91. The maximum absolute atomic E-state index is 14.0. The van der Waals surface area contributed by atoms with E-state index in [4.69, 9.17) is 9.47 Å². The number of carbonyl (C=O) groups is 2. The minimum Gasteiger partial charge on any atom is -0.493 e. The van der Waals surface area contributed by atoms with Crippen molar-refractivity contribution in [3.8, 4) is 11.5 Å². The Morgan fingerprint density at radius 2 is 1.64 bits per heavy atom. The summed E-state index contributed by atoms with van der Waals surface area (Å²) in [6, 6.07) is 13.9. The van der Waals surface area contributed by atoms with Crippen LogP contribution in [0.4, 0.5) is 5.69 Å². The third kappa shape index (κ3) is 7.33. The molecule has 1 saturated carbocycles. The number of amides is 2. The van der Waals surface area contributed by atoms with E-state index in [2.05, 4.69) is 42.7 Å². The zero-order chi connectivity index (χ0) is 27.8. The summed E-state index contributed by atoms with van der Waals surface area (Å²) in [5.41, 5.74) is 3.08. The number of fused-ring (bicyclic) bond motifs is 1. The van der Waals surface area contributed by atoms with Gasteiger partial charge < -0.3 is 19.3 Å². The van der Waals surface area contributed by atoms with Crippen molar-refractivity contribution in [1.82, 2.24) is 9.80 Å². The fraction of sp³-hybridized carbons (Fsp3) is 0.562. The lowest BCUT2D eigenvalue weighted by Crippen LogP contribution is -2.42. The normalized spacial score (nSPS) is 17.9. The summed E-state index contributed by atoms with van der Waals surface area (Å²) in [7, 11) is 1.60. The predicted octanol–water partition coefficient (Wildman–Crippen LogP) is 5.44. The first-order valence-corrected chi connectivity index (χ1v) is 14.6. The summed E-state index contributed by atoms with van der Waals surface area (Å²) in [6.07, 6.45) is 6.31. The number of hydrogen-bond acceptors (Lipinski definition) is 5. The summed E-state index contributed by atoms with van der Waals surface area (Å²) in [5, 5.41) is 0. The van der Waals surface area contributed by atoms with E-state index >= 15 is 0 Å². The highest BCUT2D eigenvalue weighted by atomic mass is 16.5. The molecule has 0 atom stereocenters. The van der Waals surface area contributed by atoms with E-state index in [0.29, 0.717) is 37.2 Å². The number of ether oxygens (including phenoxy) is 2. The predicted molar refractivity (Wildman–Crippen MR) is 155 cm³/mol. The molecule has 0 saturated heterocycles. The Balaban J connectivity index is 1.63. The zero-order valence-corrected chi connectivity index (χ0v) is 24.2. The third-order valence-electron chi connectivity index (χ3n) is 8.16. The largest absolute Gasteiger partial charge is 0.493 e. The Bertz CT molecular complexity index is 1110. The van der Waals surface area contributed by atoms with E-state index in [1.165, 1.54) is 6.42 Å². The standard InChI is InChI=1S/C32H45N3O4/c1-24(2)33-18-11-19-35(32(37)26-13-6-5-7-14-26)31-25(3)12-10-15-27(31)22-34(21-20-33)30(36)23-39-29-17-9-8-16-28(29)38-4/h8-10,12,15-17,24,26H,5-7,11,13-14,18-23H2,1-4H3. The molecule has 1 heterocycles. The minimum absolute atomic E-state index is 0.0755. The number of aryl methyl sites for hydroxylation is 1. The molecule has 2 aromatic rings. The average Bonchev–Trinajstić information content (AvgIpc) is 2.99. The summed E-state index contributed by atoms with van der Waals surface area (Å²) in [5.74, 6) is 1.41. The van der Waals surface area contributed by atoms with Gasteiger partial charge in [0.1, 0.15) is 0 Å². The number of rotatable bonds is 6. The molecule has 0 spiro atoms. The van der Waals surface area contributed by atoms with Crippen molar-refractivity contribution in [3.63, 3.8) is 0 Å². The SMILES string of the molecule is COc1ccccc1OCC(=O)N1CCN(C(C)C)CCCN(C(=O)C2CCCCC2)c2c(C)cccc2C1. The molecule has 212 valence electrons. The Kier molecular flexibility index (Phi) is 10.3. The molecule has 7 nitrogen and oxygen atoms in total. The minimum atomic E-state index is -0.0820. The third-order valence-corrected chi connectivity index (χ3v) is 8.16. The fourth-order valence-corrected chi connectivity index (χ4v) is 5.91. The van der Waals surface area contributed by atoms with Crippen LogP contribution in [0.5, 0.6) is 11.5 Å². The van der Waals surface area contributed by atoms with Crippen LogP contribution >= 0.6 is 0 Å². The van der Waals surface area contributed by atoms with E-state index in [1.54, 1.807) is 7.11 Å². The van der Waals surface area contributed by atoms with Crippen LogP contribution in [0.1, 0.15) is 63.5 Å². The molecule has 1 aliphatic heterocycles. The van der Waals surface area contributed by atoms with Crippen LogP contribution in [-0.4, -0.2) is 67.6 Å². The summed E-state index contributed by atoms with van der Waals surface area (Å²) < 4.78 is 11.3. The smallest absolute Gasteiger partial charge is 0.260 e. The first-order chi connectivity index (χ1) is 18.9. The molecule has 2 aromatic carbocycles. The van der Waals surface area contributed by atoms with Crippen molar-refractivity contribution in [1.29, 1.82) is 0 Å². The quantitative estimate of drug-likeness (QED) is 0.493. The summed E-state index contributed by atoms with van der Waals surface area (Å²) in [6.45, 7) is 9.78. The molecular formula is C32H45N3O4. The van der Waals surface area contributed by atoms with Crippen LogP contribution in [0.25, 0.3) is 0 Å². The first kappa shape index (κ1) is 28.9. The van der Waals surface area contributed by atoms with Crippen LogP contribution in [0, 0.1) is 12.8 Å². The van der Waals surface area contributed by atoms with Crippen molar-refractivity contribution in [2.45, 2.75) is 71.9 Å². The van der Waals surface area contributed by atoms with Gasteiger partial charge in [-0.25, -0.2) is 0 Å². The Morgan fingerprint density at radius 1 is 0.897 bits per heavy atom. The topological polar surface area (TPSA) is 62.3 Å². The second-order valence-electron chi connectivity index (χ2n) is 11.1. The van der Waals surface area contributed by atoms with E-state index in [9.17, 15) is 9.59 Å². The molecule has 2 aliphatic rings. The van der Waals surface area contributed by atoms with Crippen molar-refractivity contribution in [3.05, 3.63) is 53.6 Å². The highest BCUT2D eigenvalue weighted by Crippen LogP contribution is 2.33. The Hall–Kier alpha value is -3.06. The molecule has 1 aliphatic carbocycles. The van der Waals surface area contributed by atoms with Crippen molar-refractivity contribution in [2.24, 2.45) is 5.92 Å². The molecule has 7 heteroatoms. The molecule has 2 amide bonds. The Labute approximate surface area is 234 Å². The van der Waals surface area contributed by atoms with Crippen LogP contribution in [-0.2, 0) is 16.1 Å². The van der Waals surface area contributed by atoms with Gasteiger partial charge in [-0.1, -0.05) is 49.6 Å². The molecule has 0 unspecified atom stereocenters. The van der Waals surface area contributed by atoms with Gasteiger partial charge in [-0.05, 0) is 63.3 Å². The van der Waals surface area contributed by atoms with Crippen LogP contribution in [0.15, 0.2) is 42.5 Å². The van der Waals surface area contributed by atoms with Gasteiger partial charge in [0, 0.05) is 44.7 Å². The zero-order valence-electron chi connectivity index (χ0n) is 24.2. The van der Waals surface area contributed by atoms with E-state index in [-0.39, 0.29) is 24.3 Å². The summed E-state index contributed by atoms with van der Waals surface area (Å²) >= 11 is 0. The lowest BCUT2D eigenvalue weighted by molar-refractivity contribution is -0.134. The lowest BCUT2D eigenvalue weighted by Gasteiger charge is -2.33. The van der Waals surface area contributed by atoms with Crippen LogP contribution < -0.4 is 14.4 Å². The molecule has 39 heavy (non-hydrogen) atoms. The molecular weight excluding hydrogens is 490 g/mol. The molecule has 0 radical (unpaired) electrons. The number of para-hydroxylation sites is 3. The van der Waals surface area contributed by atoms with Gasteiger partial charge in [0.2, 0.25) is 5.91 Å².